The van der Waals surface area contributed by atoms with Gasteiger partial charge < -0.3 is 5.32 Å². The van der Waals surface area contributed by atoms with E-state index in [1.54, 1.807) is 0 Å². The lowest BCUT2D eigenvalue weighted by molar-refractivity contribution is 0.337. The first kappa shape index (κ1) is 29.7. The molecule has 1 nitrogen and oxygen atoms in total. The number of fused-ring (bicyclic) bond motifs is 6. The maximum atomic E-state index is 3.91. The Morgan fingerprint density at radius 3 is 1.09 bits per heavy atom. The number of hydrogen-bond donors (Lipinski definition) is 1. The first-order chi connectivity index (χ1) is 20.5. The fourth-order valence-corrected chi connectivity index (χ4v) is 9.07. The highest BCUT2D eigenvalue weighted by Crippen LogP contribution is 2.57. The van der Waals surface area contributed by atoms with Gasteiger partial charge in [0.25, 0.3) is 0 Å². The summed E-state index contributed by atoms with van der Waals surface area (Å²) in [4.78, 5) is 0. The van der Waals surface area contributed by atoms with E-state index in [2.05, 4.69) is 146 Å². The van der Waals surface area contributed by atoms with Gasteiger partial charge in [-0.15, -0.1) is 0 Å². The minimum Gasteiger partial charge on any atom is -0.356 e. The molecule has 1 N–H and O–H groups in total. The van der Waals surface area contributed by atoms with E-state index in [0.29, 0.717) is 23.7 Å². The van der Waals surface area contributed by atoms with Crippen molar-refractivity contribution in [3.8, 4) is 22.3 Å². The van der Waals surface area contributed by atoms with Gasteiger partial charge in [0.2, 0.25) is 0 Å². The lowest BCUT2D eigenvalue weighted by Gasteiger charge is -2.36. The zero-order chi connectivity index (χ0) is 30.5. The number of rotatable bonds is 10. The first-order valence-electron chi connectivity index (χ1n) is 16.8. The van der Waals surface area contributed by atoms with Gasteiger partial charge in [-0.25, -0.2) is 0 Å². The van der Waals surface area contributed by atoms with Gasteiger partial charge in [-0.05, 0) is 118 Å². The smallest absolute Gasteiger partial charge is 0.0387 e. The van der Waals surface area contributed by atoms with E-state index in [0.717, 1.165) is 0 Å². The second kappa shape index (κ2) is 11.3. The maximum absolute atomic E-state index is 3.91. The van der Waals surface area contributed by atoms with Crippen LogP contribution in [-0.4, -0.2) is 0 Å². The van der Waals surface area contributed by atoms with Crippen LogP contribution in [0.15, 0.2) is 84.9 Å². The van der Waals surface area contributed by atoms with Crippen molar-refractivity contribution in [2.45, 2.75) is 91.9 Å². The lowest BCUT2D eigenvalue weighted by atomic mass is 9.68. The average molecular weight is 570 g/mol. The van der Waals surface area contributed by atoms with Crippen molar-refractivity contribution in [2.24, 2.45) is 23.7 Å². The van der Waals surface area contributed by atoms with Crippen LogP contribution in [0.5, 0.6) is 0 Å². The van der Waals surface area contributed by atoms with E-state index in [-0.39, 0.29) is 10.8 Å². The molecule has 0 saturated heterocycles. The predicted octanol–water partition coefficient (Wildman–Crippen LogP) is 12.1. The molecule has 1 heteroatoms. The molecule has 2 aliphatic carbocycles. The molecule has 224 valence electrons. The Labute approximate surface area is 261 Å². The average Bonchev–Trinajstić information content (AvgIpc) is 3.34. The zero-order valence-electron chi connectivity index (χ0n) is 27.7. The van der Waals surface area contributed by atoms with Gasteiger partial charge in [0.1, 0.15) is 0 Å². The van der Waals surface area contributed by atoms with Crippen molar-refractivity contribution < 1.29 is 0 Å². The third kappa shape index (κ3) is 5.13. The minimum atomic E-state index is 0.0508. The molecule has 0 bridgehead atoms. The monoisotopic (exact) mass is 569 g/mol. The molecule has 0 atom stereocenters. The molecule has 0 amide bonds. The third-order valence-electron chi connectivity index (χ3n) is 9.85. The molecule has 0 heterocycles. The standard InChI is InChI=1S/C42H51N/c1-27(2)23-41(24-28(3)4)37-15-11-9-13-33(37)35-19-17-31(21-39(35)41)43-32-18-20-36-34-14-10-12-16-38(34)42(25-29(5)6,26-30(7)8)40(36)22-32/h9-22,27-30,43H,23-26H2,1-8H3. The largest absolute Gasteiger partial charge is 0.356 e. The highest BCUT2D eigenvalue weighted by molar-refractivity contribution is 5.85. The Hall–Kier alpha value is -3.32. The molecule has 0 radical (unpaired) electrons. The van der Waals surface area contributed by atoms with E-state index in [1.165, 1.54) is 81.6 Å². The number of hydrogen-bond acceptors (Lipinski definition) is 1. The molecule has 2 aliphatic rings. The van der Waals surface area contributed by atoms with Crippen molar-refractivity contribution in [2.75, 3.05) is 5.32 Å². The maximum Gasteiger partial charge on any atom is 0.0387 e. The van der Waals surface area contributed by atoms with Crippen LogP contribution in [0, 0.1) is 23.7 Å². The Morgan fingerprint density at radius 2 is 0.744 bits per heavy atom. The van der Waals surface area contributed by atoms with Crippen LogP contribution in [0.4, 0.5) is 11.4 Å². The second-order valence-corrected chi connectivity index (χ2v) is 15.3. The van der Waals surface area contributed by atoms with E-state index >= 15 is 0 Å². The van der Waals surface area contributed by atoms with Gasteiger partial charge in [-0.2, -0.15) is 0 Å². The Balaban J connectivity index is 1.44. The Bertz CT molecular complexity index is 1480. The quantitative estimate of drug-likeness (QED) is 0.200. The number of nitrogens with one attached hydrogen (secondary N) is 1. The molecule has 0 unspecified atom stereocenters. The van der Waals surface area contributed by atoms with Crippen LogP contribution in [0.25, 0.3) is 22.3 Å². The van der Waals surface area contributed by atoms with E-state index in [1.807, 2.05) is 0 Å². The zero-order valence-corrected chi connectivity index (χ0v) is 27.7. The summed E-state index contributed by atoms with van der Waals surface area (Å²) in [6, 6.07) is 32.7. The normalized spacial score (nSPS) is 15.6. The van der Waals surface area contributed by atoms with Crippen LogP contribution in [0.3, 0.4) is 0 Å². The molecule has 0 aliphatic heterocycles. The summed E-state index contributed by atoms with van der Waals surface area (Å²) in [6.45, 7) is 19.1. The second-order valence-electron chi connectivity index (χ2n) is 15.3. The number of anilines is 2. The molecule has 0 saturated carbocycles. The van der Waals surface area contributed by atoms with Gasteiger partial charge in [-0.3, -0.25) is 0 Å². The van der Waals surface area contributed by atoms with Crippen molar-refractivity contribution in [3.63, 3.8) is 0 Å². The van der Waals surface area contributed by atoms with Gasteiger partial charge in [0, 0.05) is 22.2 Å². The van der Waals surface area contributed by atoms with Crippen LogP contribution in [0.2, 0.25) is 0 Å². The van der Waals surface area contributed by atoms with Crippen molar-refractivity contribution in [3.05, 3.63) is 107 Å². The van der Waals surface area contributed by atoms with Crippen molar-refractivity contribution in [1.82, 2.24) is 0 Å². The molecule has 0 aromatic heterocycles. The SMILES string of the molecule is CC(C)CC1(CC(C)C)c2ccccc2-c2ccc(Nc3ccc4c(c3)C(CC(C)C)(CC(C)C)c3ccccc3-4)cc21. The molecule has 4 aromatic rings. The highest BCUT2D eigenvalue weighted by Gasteiger charge is 2.45. The van der Waals surface area contributed by atoms with E-state index in [4.69, 9.17) is 0 Å². The third-order valence-corrected chi connectivity index (χ3v) is 9.85. The summed E-state index contributed by atoms with van der Waals surface area (Å²) in [6.07, 6.45) is 4.68. The van der Waals surface area contributed by atoms with Crippen molar-refractivity contribution in [1.29, 1.82) is 0 Å². The number of benzene rings is 4. The first-order valence-corrected chi connectivity index (χ1v) is 16.8. The van der Waals surface area contributed by atoms with E-state index < -0.39 is 0 Å². The Morgan fingerprint density at radius 1 is 0.419 bits per heavy atom. The molecule has 43 heavy (non-hydrogen) atoms. The molecule has 0 fully saturated rings. The van der Waals surface area contributed by atoms with Gasteiger partial charge >= 0.3 is 0 Å². The molecule has 6 rings (SSSR count). The molecule has 0 spiro atoms. The fraction of sp³-hybridized carbons (Fsp3) is 0.429. The summed E-state index contributed by atoms with van der Waals surface area (Å²) < 4.78 is 0. The van der Waals surface area contributed by atoms with Gasteiger partial charge in [0.15, 0.2) is 0 Å². The van der Waals surface area contributed by atoms with Gasteiger partial charge in [-0.1, -0.05) is 116 Å². The topological polar surface area (TPSA) is 12.0 Å². The molecular formula is C42H51N. The highest BCUT2D eigenvalue weighted by atomic mass is 14.9. The van der Waals surface area contributed by atoms with E-state index in [9.17, 15) is 0 Å². The van der Waals surface area contributed by atoms with Crippen LogP contribution in [0.1, 0.15) is 103 Å². The molecule has 4 aromatic carbocycles. The van der Waals surface area contributed by atoms with Crippen LogP contribution < -0.4 is 5.32 Å². The van der Waals surface area contributed by atoms with Gasteiger partial charge in [0.05, 0.1) is 0 Å². The summed E-state index contributed by atoms with van der Waals surface area (Å²) in [5, 5.41) is 3.91. The van der Waals surface area contributed by atoms with Crippen molar-refractivity contribution >= 4 is 11.4 Å². The predicted molar refractivity (Wildman–Crippen MR) is 186 cm³/mol. The summed E-state index contributed by atoms with van der Waals surface area (Å²) in [7, 11) is 0. The summed E-state index contributed by atoms with van der Waals surface area (Å²) in [5.41, 5.74) is 14.2. The summed E-state index contributed by atoms with van der Waals surface area (Å²) >= 11 is 0. The fourth-order valence-electron chi connectivity index (χ4n) is 9.07. The van der Waals surface area contributed by atoms with Crippen LogP contribution >= 0.6 is 0 Å². The Kier molecular flexibility index (Phi) is 7.82. The van der Waals surface area contributed by atoms with Crippen LogP contribution in [-0.2, 0) is 10.8 Å². The lowest BCUT2D eigenvalue weighted by Crippen LogP contribution is -2.29. The summed E-state index contributed by atoms with van der Waals surface area (Å²) in [5.74, 6) is 2.45. The molecular weight excluding hydrogens is 518 g/mol. The minimum absolute atomic E-state index is 0.0508.